The summed E-state index contributed by atoms with van der Waals surface area (Å²) in [6.45, 7) is 0. The lowest BCUT2D eigenvalue weighted by molar-refractivity contribution is 0.480. The fourth-order valence-electron chi connectivity index (χ4n) is 8.62. The molecule has 64 heavy (non-hydrogen) atoms. The highest BCUT2D eigenvalue weighted by Gasteiger charge is 2.19. The first-order valence-electron chi connectivity index (χ1n) is 20.7. The molecule has 8 heteroatoms. The van der Waals surface area contributed by atoms with E-state index in [1.807, 2.05) is 54.6 Å². The Labute approximate surface area is 376 Å². The number of H-pyrrole nitrogens is 2. The second kappa shape index (κ2) is 16.0. The highest BCUT2D eigenvalue weighted by Crippen LogP contribution is 2.40. The van der Waals surface area contributed by atoms with E-state index in [1.54, 1.807) is 12.1 Å². The van der Waals surface area contributed by atoms with Gasteiger partial charge in [-0.05, 0) is 134 Å². The number of hydrogen-bond donors (Lipinski definition) is 2. The van der Waals surface area contributed by atoms with E-state index < -0.39 is 0 Å². The molecule has 0 aliphatic carbocycles. The SMILES string of the molecule is N#Cc1cc2cc(Br)c(Oc3ccc(-c4c5nc(c(-c6ccccc6)c6ccc([nH]6)c(-c6ccccc6)c6nc(c(-c7ccccc7)c7ccc4[nH]7)C=C6)C=C5)cc3)cc2cc1C#N. The number of fused-ring (bicyclic) bond motifs is 9. The van der Waals surface area contributed by atoms with Gasteiger partial charge < -0.3 is 14.7 Å². The largest absolute Gasteiger partial charge is 0.456 e. The third-order valence-corrected chi connectivity index (χ3v) is 12.2. The third kappa shape index (κ3) is 6.95. The molecule has 3 aromatic heterocycles. The van der Waals surface area contributed by atoms with Gasteiger partial charge in [-0.25, -0.2) is 9.97 Å². The van der Waals surface area contributed by atoms with Gasteiger partial charge in [0.25, 0.3) is 0 Å². The first kappa shape index (κ1) is 38.4. The monoisotopic (exact) mass is 884 g/mol. The number of nitrogens with zero attached hydrogens (tertiary/aromatic N) is 4. The molecule has 2 aliphatic heterocycles. The van der Waals surface area contributed by atoms with Crippen molar-refractivity contribution in [3.63, 3.8) is 0 Å². The van der Waals surface area contributed by atoms with Gasteiger partial charge in [0.15, 0.2) is 0 Å². The highest BCUT2D eigenvalue weighted by molar-refractivity contribution is 9.10. The van der Waals surface area contributed by atoms with Crippen LogP contribution in [0.5, 0.6) is 11.5 Å². The van der Waals surface area contributed by atoms with Crippen LogP contribution in [0.4, 0.5) is 0 Å². The molecule has 0 saturated carbocycles. The summed E-state index contributed by atoms with van der Waals surface area (Å²) in [5.74, 6) is 1.21. The first-order valence-corrected chi connectivity index (χ1v) is 21.5. The van der Waals surface area contributed by atoms with Gasteiger partial charge in [0.05, 0.1) is 38.4 Å². The van der Waals surface area contributed by atoms with Crippen LogP contribution in [-0.4, -0.2) is 19.9 Å². The van der Waals surface area contributed by atoms with E-state index in [4.69, 9.17) is 14.7 Å². The maximum Gasteiger partial charge on any atom is 0.142 e. The van der Waals surface area contributed by atoms with Crippen LogP contribution < -0.4 is 4.74 Å². The zero-order valence-corrected chi connectivity index (χ0v) is 35.6. The molecule has 300 valence electrons. The predicted octanol–water partition coefficient (Wildman–Crippen LogP) is 14.8. The van der Waals surface area contributed by atoms with Gasteiger partial charge in [-0.3, -0.25) is 0 Å². The molecule has 0 spiro atoms. The lowest BCUT2D eigenvalue weighted by Gasteiger charge is -2.11. The van der Waals surface area contributed by atoms with Crippen molar-refractivity contribution >= 4 is 73.1 Å². The molecule has 5 heterocycles. The quantitative estimate of drug-likeness (QED) is 0.173. The first-order chi connectivity index (χ1) is 31.5. The number of hydrogen-bond acceptors (Lipinski definition) is 5. The molecule has 0 saturated heterocycles. The summed E-state index contributed by atoms with van der Waals surface area (Å²) in [5, 5.41) is 20.8. The number of halogens is 1. The summed E-state index contributed by atoms with van der Waals surface area (Å²) < 4.78 is 7.17. The number of nitriles is 2. The molecular weight excluding hydrogens is 853 g/mol. The summed E-state index contributed by atoms with van der Waals surface area (Å²) in [4.78, 5) is 18.4. The Bertz CT molecular complexity index is 3610. The van der Waals surface area contributed by atoms with E-state index in [1.165, 1.54) is 0 Å². The highest BCUT2D eigenvalue weighted by atomic mass is 79.9. The molecule has 2 aliphatic rings. The van der Waals surface area contributed by atoms with Gasteiger partial charge in [0.1, 0.15) is 23.6 Å². The Hall–Kier alpha value is -8.56. The van der Waals surface area contributed by atoms with Crippen LogP contribution >= 0.6 is 15.9 Å². The minimum Gasteiger partial charge on any atom is -0.456 e. The standard InChI is InChI=1S/C56H33BrN6O/c57-43-30-38-28-40(32-58)41(33-59)29-39(38)31-52(43)64-42-18-16-37(17-19-42)56-50-26-24-48(62-50)54(35-12-6-2-7-13-35)46-22-20-44(60-46)53(34-10-4-1-5-11-34)45-21-23-47(61-45)55(36-14-8-3-9-15-36)49-25-27-51(56)63-49/h1-31,60,63H. The van der Waals surface area contributed by atoms with E-state index >= 15 is 0 Å². The van der Waals surface area contributed by atoms with Crippen LogP contribution in [0.25, 0.3) is 102 Å². The molecule has 8 bridgehead atoms. The van der Waals surface area contributed by atoms with E-state index in [-0.39, 0.29) is 0 Å². The van der Waals surface area contributed by atoms with Crippen molar-refractivity contribution in [1.29, 1.82) is 10.5 Å². The van der Waals surface area contributed by atoms with Gasteiger partial charge in [-0.15, -0.1) is 0 Å². The molecule has 9 aromatic rings. The zero-order valence-electron chi connectivity index (χ0n) is 34.0. The van der Waals surface area contributed by atoms with E-state index in [9.17, 15) is 10.5 Å². The van der Waals surface area contributed by atoms with E-state index in [0.29, 0.717) is 22.6 Å². The van der Waals surface area contributed by atoms with Gasteiger partial charge in [0, 0.05) is 44.3 Å². The molecule has 0 radical (unpaired) electrons. The van der Waals surface area contributed by atoms with Crippen molar-refractivity contribution in [2.45, 2.75) is 0 Å². The fourth-order valence-corrected chi connectivity index (χ4v) is 9.06. The lowest BCUT2D eigenvalue weighted by atomic mass is 10.0. The predicted molar refractivity (Wildman–Crippen MR) is 262 cm³/mol. The summed E-state index contributed by atoms with van der Waals surface area (Å²) in [6, 6.07) is 59.2. The van der Waals surface area contributed by atoms with Crippen molar-refractivity contribution in [3.05, 3.63) is 202 Å². The Morgan fingerprint density at radius 3 is 1.16 bits per heavy atom. The number of nitrogens with one attached hydrogen (secondary N) is 2. The van der Waals surface area contributed by atoms with Gasteiger partial charge >= 0.3 is 0 Å². The second-order valence-corrected chi connectivity index (χ2v) is 16.3. The van der Waals surface area contributed by atoms with Crippen molar-refractivity contribution in [2.24, 2.45) is 0 Å². The van der Waals surface area contributed by atoms with E-state index in [0.717, 1.165) is 105 Å². The second-order valence-electron chi connectivity index (χ2n) is 15.5. The fraction of sp³-hybridized carbons (Fsp3) is 0. The van der Waals surface area contributed by atoms with Gasteiger partial charge in [-0.1, -0.05) is 103 Å². The smallest absolute Gasteiger partial charge is 0.142 e. The topological polar surface area (TPSA) is 114 Å². The number of benzene rings is 6. The van der Waals surface area contributed by atoms with Crippen LogP contribution in [-0.2, 0) is 0 Å². The van der Waals surface area contributed by atoms with E-state index in [2.05, 4.69) is 159 Å². The normalized spacial score (nSPS) is 11.7. The summed E-state index contributed by atoms with van der Waals surface area (Å²) >= 11 is 3.67. The minimum atomic E-state index is 0.321. The number of rotatable bonds is 6. The molecule has 0 unspecified atom stereocenters. The molecule has 0 amide bonds. The lowest BCUT2D eigenvalue weighted by Crippen LogP contribution is -1.90. The average molecular weight is 886 g/mol. The number of aromatic amines is 2. The molecule has 0 atom stereocenters. The van der Waals surface area contributed by atoms with Crippen LogP contribution in [0, 0.1) is 22.7 Å². The maximum atomic E-state index is 9.65. The average Bonchev–Trinajstić information content (AvgIpc) is 4.19. The summed E-state index contributed by atoms with van der Waals surface area (Å²) in [5.41, 5.74) is 15.7. The summed E-state index contributed by atoms with van der Waals surface area (Å²) in [7, 11) is 0. The van der Waals surface area contributed by atoms with Crippen molar-refractivity contribution in [3.8, 4) is 68.1 Å². The van der Waals surface area contributed by atoms with Crippen molar-refractivity contribution in [1.82, 2.24) is 19.9 Å². The summed E-state index contributed by atoms with van der Waals surface area (Å²) in [6.07, 6.45) is 8.41. The Balaban J connectivity index is 1.14. The molecule has 6 aromatic carbocycles. The van der Waals surface area contributed by atoms with Gasteiger partial charge in [0.2, 0.25) is 0 Å². The third-order valence-electron chi connectivity index (χ3n) is 11.6. The molecule has 2 N–H and O–H groups in total. The van der Waals surface area contributed by atoms with Crippen molar-refractivity contribution < 1.29 is 4.74 Å². The Morgan fingerprint density at radius 1 is 0.422 bits per heavy atom. The number of ether oxygens (including phenoxy) is 1. The Kier molecular flexibility index (Phi) is 9.62. The number of aromatic nitrogens is 4. The van der Waals surface area contributed by atoms with Crippen LogP contribution in [0.3, 0.4) is 0 Å². The maximum absolute atomic E-state index is 9.65. The molecule has 7 nitrogen and oxygen atoms in total. The minimum absolute atomic E-state index is 0.321. The van der Waals surface area contributed by atoms with Crippen LogP contribution in [0.15, 0.2) is 168 Å². The van der Waals surface area contributed by atoms with Gasteiger partial charge in [-0.2, -0.15) is 10.5 Å². The molecular formula is C56H33BrN6O. The molecule has 0 fully saturated rings. The van der Waals surface area contributed by atoms with Crippen LogP contribution in [0.2, 0.25) is 0 Å². The van der Waals surface area contributed by atoms with Crippen molar-refractivity contribution in [2.75, 3.05) is 0 Å². The molecule has 11 rings (SSSR count). The van der Waals surface area contributed by atoms with Crippen LogP contribution in [0.1, 0.15) is 33.9 Å². The Morgan fingerprint density at radius 2 is 0.781 bits per heavy atom. The zero-order chi connectivity index (χ0) is 43.1.